The third-order valence-electron chi connectivity index (χ3n) is 5.74. The van der Waals surface area contributed by atoms with Crippen molar-refractivity contribution in [1.29, 1.82) is 0 Å². The molecule has 8 nitrogen and oxygen atoms in total. The molecular weight excluding hydrogens is 437 g/mol. The smallest absolute Gasteiger partial charge is 0.265 e. The molecule has 32 heavy (non-hydrogen) atoms. The molecule has 0 spiro atoms. The molecule has 2 N–H and O–H groups in total. The normalized spacial score (nSPS) is 19.6. The molecule has 170 valence electrons. The van der Waals surface area contributed by atoms with Crippen LogP contribution in [0.2, 0.25) is 0 Å². The number of hydrogen-bond acceptors (Lipinski definition) is 5. The van der Waals surface area contributed by atoms with Gasteiger partial charge in [0.25, 0.3) is 5.91 Å². The van der Waals surface area contributed by atoms with Crippen molar-refractivity contribution in [3.05, 3.63) is 47.8 Å². The summed E-state index contributed by atoms with van der Waals surface area (Å²) in [6.07, 6.45) is -0.00448. The van der Waals surface area contributed by atoms with Gasteiger partial charge in [-0.15, -0.1) is 0 Å². The highest BCUT2D eigenvalue weighted by atomic mass is 32.2. The van der Waals surface area contributed by atoms with Gasteiger partial charge in [-0.2, -0.15) is 4.31 Å². The second-order valence-electron chi connectivity index (χ2n) is 8.04. The number of nitrogens with zero attached hydrogens (tertiary/aromatic N) is 1. The Morgan fingerprint density at radius 2 is 1.94 bits per heavy atom. The molecule has 0 radical (unpaired) electrons. The Hall–Kier alpha value is -2.98. The highest BCUT2D eigenvalue weighted by Gasteiger charge is 2.34. The number of fused-ring (bicyclic) bond motifs is 1. The lowest BCUT2D eigenvalue weighted by Crippen LogP contribution is -2.41. The molecule has 2 heterocycles. The van der Waals surface area contributed by atoms with Gasteiger partial charge in [0.15, 0.2) is 6.10 Å². The first-order chi connectivity index (χ1) is 15.1. The number of ether oxygens (including phenoxy) is 1. The Kier molecular flexibility index (Phi) is 5.91. The van der Waals surface area contributed by atoms with Crippen molar-refractivity contribution in [3.8, 4) is 5.75 Å². The van der Waals surface area contributed by atoms with Crippen LogP contribution in [0.5, 0.6) is 5.75 Å². The number of carbonyl (C=O) groups excluding carboxylic acids is 2. The maximum Gasteiger partial charge on any atom is 0.265 e. The predicted molar refractivity (Wildman–Crippen MR) is 116 cm³/mol. The molecule has 2 amide bonds. The average Bonchev–Trinajstić information content (AvgIpc) is 2.74. The lowest BCUT2D eigenvalue weighted by molar-refractivity contribution is -0.123. The van der Waals surface area contributed by atoms with Crippen LogP contribution in [0.1, 0.15) is 25.3 Å². The van der Waals surface area contributed by atoms with Crippen molar-refractivity contribution in [3.63, 3.8) is 0 Å². The van der Waals surface area contributed by atoms with Crippen LogP contribution >= 0.6 is 0 Å². The summed E-state index contributed by atoms with van der Waals surface area (Å²) < 4.78 is 46.8. The first-order valence-corrected chi connectivity index (χ1v) is 11.8. The first kappa shape index (κ1) is 22.2. The van der Waals surface area contributed by atoms with E-state index >= 15 is 0 Å². The topological polar surface area (TPSA) is 105 Å². The Bertz CT molecular complexity index is 1180. The fraction of sp³-hybridized carbons (Fsp3) is 0.364. The standard InChI is InChI=1S/C22H24FN3O5S/c1-13-10-18-19(31-14(2)21(27)25-18)12-20(13)32(29,30)26-8-6-15(7-9-26)22(28)24-17-5-3-4-16(23)11-17/h3-5,10-12,14-15H,6-9H2,1-2H3,(H,24,28)(H,25,27)/t14-/m1/s1. The van der Waals surface area contributed by atoms with Gasteiger partial charge in [-0.25, -0.2) is 12.8 Å². The SMILES string of the molecule is Cc1cc2c(cc1S(=O)(=O)N1CCC(C(=O)Nc3cccc(F)c3)CC1)O[C@H](C)C(=O)N2. The molecule has 1 fully saturated rings. The fourth-order valence-electron chi connectivity index (χ4n) is 3.93. The van der Waals surface area contributed by atoms with Crippen molar-refractivity contribution in [2.45, 2.75) is 37.7 Å². The fourth-order valence-corrected chi connectivity index (χ4v) is 5.62. The van der Waals surface area contributed by atoms with Gasteiger partial charge in [0.05, 0.1) is 10.6 Å². The molecule has 0 aromatic heterocycles. The molecule has 0 saturated carbocycles. The molecule has 2 aromatic rings. The number of sulfonamides is 1. The number of nitrogens with one attached hydrogen (secondary N) is 2. The minimum absolute atomic E-state index is 0.113. The van der Waals surface area contributed by atoms with Crippen LogP contribution in [0, 0.1) is 18.7 Å². The number of piperidine rings is 1. The zero-order valence-corrected chi connectivity index (χ0v) is 18.5. The Labute approximate surface area is 185 Å². The van der Waals surface area contributed by atoms with Gasteiger partial charge < -0.3 is 15.4 Å². The van der Waals surface area contributed by atoms with Crippen molar-refractivity contribution in [2.75, 3.05) is 23.7 Å². The van der Waals surface area contributed by atoms with Gasteiger partial charge in [-0.05, 0) is 56.5 Å². The van der Waals surface area contributed by atoms with E-state index in [2.05, 4.69) is 10.6 Å². The largest absolute Gasteiger partial charge is 0.479 e. The maximum absolute atomic E-state index is 13.3. The van der Waals surface area contributed by atoms with Crippen molar-refractivity contribution in [1.82, 2.24) is 4.31 Å². The number of rotatable bonds is 4. The van der Waals surface area contributed by atoms with Crippen molar-refractivity contribution >= 4 is 33.2 Å². The van der Waals surface area contributed by atoms with Crippen LogP contribution in [0.3, 0.4) is 0 Å². The summed E-state index contributed by atoms with van der Waals surface area (Å²) >= 11 is 0. The van der Waals surface area contributed by atoms with E-state index in [1.165, 1.54) is 28.6 Å². The van der Waals surface area contributed by atoms with E-state index in [1.807, 2.05) is 0 Å². The van der Waals surface area contributed by atoms with E-state index in [-0.39, 0.29) is 35.7 Å². The summed E-state index contributed by atoms with van der Waals surface area (Å²) in [5.74, 6) is -1.04. The summed E-state index contributed by atoms with van der Waals surface area (Å²) in [5, 5.41) is 5.40. The number of amides is 2. The van der Waals surface area contributed by atoms with Gasteiger partial charge >= 0.3 is 0 Å². The van der Waals surface area contributed by atoms with E-state index in [9.17, 15) is 22.4 Å². The second-order valence-corrected chi connectivity index (χ2v) is 9.95. The van der Waals surface area contributed by atoms with E-state index in [0.29, 0.717) is 35.5 Å². The lowest BCUT2D eigenvalue weighted by Gasteiger charge is -2.31. The number of hydrogen-bond donors (Lipinski definition) is 2. The summed E-state index contributed by atoms with van der Waals surface area (Å²) in [6, 6.07) is 8.68. The minimum Gasteiger partial charge on any atom is -0.479 e. The number of aryl methyl sites for hydroxylation is 1. The Morgan fingerprint density at radius 1 is 1.22 bits per heavy atom. The molecule has 4 rings (SSSR count). The van der Waals surface area contributed by atoms with Crippen LogP contribution in [-0.2, 0) is 19.6 Å². The second kappa shape index (κ2) is 8.51. The van der Waals surface area contributed by atoms with Crippen molar-refractivity contribution < 1.29 is 27.1 Å². The average molecular weight is 462 g/mol. The number of halogens is 1. The highest BCUT2D eigenvalue weighted by molar-refractivity contribution is 7.89. The lowest BCUT2D eigenvalue weighted by atomic mass is 9.97. The van der Waals surface area contributed by atoms with E-state index in [0.717, 1.165) is 0 Å². The van der Waals surface area contributed by atoms with Gasteiger partial charge in [-0.1, -0.05) is 6.07 Å². The summed E-state index contributed by atoms with van der Waals surface area (Å²) in [4.78, 5) is 24.4. The minimum atomic E-state index is -3.81. The molecule has 0 unspecified atom stereocenters. The molecule has 2 aromatic carbocycles. The van der Waals surface area contributed by atoms with E-state index < -0.39 is 21.9 Å². The number of carbonyl (C=O) groups is 2. The summed E-state index contributed by atoms with van der Waals surface area (Å²) in [5.41, 5.74) is 1.31. The zero-order valence-electron chi connectivity index (χ0n) is 17.7. The molecule has 1 atom stereocenters. The summed E-state index contributed by atoms with van der Waals surface area (Å²) in [7, 11) is -3.81. The highest BCUT2D eigenvalue weighted by Crippen LogP contribution is 2.36. The predicted octanol–water partition coefficient (Wildman–Crippen LogP) is 2.89. The Morgan fingerprint density at radius 3 is 2.62 bits per heavy atom. The van der Waals surface area contributed by atoms with E-state index in [4.69, 9.17) is 4.74 Å². The van der Waals surface area contributed by atoms with E-state index in [1.54, 1.807) is 26.0 Å². The monoisotopic (exact) mass is 461 g/mol. The van der Waals surface area contributed by atoms with Crippen molar-refractivity contribution in [2.24, 2.45) is 5.92 Å². The third kappa shape index (κ3) is 4.33. The molecule has 10 heteroatoms. The van der Waals surface area contributed by atoms with Crippen LogP contribution in [0.25, 0.3) is 0 Å². The quantitative estimate of drug-likeness (QED) is 0.729. The summed E-state index contributed by atoms with van der Waals surface area (Å²) in [6.45, 7) is 3.63. The Balaban J connectivity index is 1.46. The molecule has 2 aliphatic rings. The van der Waals surface area contributed by atoms with Gasteiger partial charge in [-0.3, -0.25) is 9.59 Å². The van der Waals surface area contributed by atoms with Gasteiger partial charge in [0.1, 0.15) is 11.6 Å². The molecule has 0 aliphatic carbocycles. The van der Waals surface area contributed by atoms with Crippen LogP contribution in [0.15, 0.2) is 41.3 Å². The van der Waals surface area contributed by atoms with Crippen LogP contribution in [-0.4, -0.2) is 43.7 Å². The van der Waals surface area contributed by atoms with Crippen LogP contribution < -0.4 is 15.4 Å². The van der Waals surface area contributed by atoms with Gasteiger partial charge in [0, 0.05) is 30.8 Å². The zero-order chi connectivity index (χ0) is 23.0. The van der Waals surface area contributed by atoms with Crippen LogP contribution in [0.4, 0.5) is 15.8 Å². The number of anilines is 2. The van der Waals surface area contributed by atoms with Gasteiger partial charge in [0.2, 0.25) is 15.9 Å². The molecule has 0 bridgehead atoms. The molecular formula is C22H24FN3O5S. The maximum atomic E-state index is 13.3. The molecule has 2 aliphatic heterocycles. The third-order valence-corrected chi connectivity index (χ3v) is 7.78. The first-order valence-electron chi connectivity index (χ1n) is 10.3. The number of benzene rings is 2. The molecule has 1 saturated heterocycles.